The zero-order valence-electron chi connectivity index (χ0n) is 15.4. The van der Waals surface area contributed by atoms with Crippen LogP contribution in [0.15, 0.2) is 39.8 Å². The van der Waals surface area contributed by atoms with E-state index in [4.69, 9.17) is 27.6 Å². The van der Waals surface area contributed by atoms with Gasteiger partial charge in [0.2, 0.25) is 14.9 Å². The third-order valence-corrected chi connectivity index (χ3v) is 5.52. The van der Waals surface area contributed by atoms with E-state index in [2.05, 4.69) is 0 Å². The molecule has 0 radical (unpaired) electrons. The Hall–Kier alpha value is -1.54. The Morgan fingerprint density at radius 2 is 1.78 bits per heavy atom. The fourth-order valence-corrected chi connectivity index (χ4v) is 3.36. The first-order valence-electron chi connectivity index (χ1n) is 8.26. The van der Waals surface area contributed by atoms with E-state index >= 15 is 0 Å². The highest BCUT2D eigenvalue weighted by atomic mass is 35.5. The summed E-state index contributed by atoms with van der Waals surface area (Å²) in [5, 5.41) is 0.621. The highest BCUT2D eigenvalue weighted by Gasteiger charge is 2.22. The quantitative estimate of drug-likeness (QED) is 0.637. The van der Waals surface area contributed by atoms with Crippen molar-refractivity contribution in [2.45, 2.75) is 18.1 Å². The van der Waals surface area contributed by atoms with Crippen LogP contribution >= 0.6 is 23.2 Å². The largest absolute Gasteiger partial charge is 0.440 e. The fourth-order valence-electron chi connectivity index (χ4n) is 2.48. The van der Waals surface area contributed by atoms with E-state index in [1.165, 1.54) is 12.1 Å². The summed E-state index contributed by atoms with van der Waals surface area (Å²) in [4.78, 5) is 16.5. The summed E-state index contributed by atoms with van der Waals surface area (Å²) in [5.41, 5.74) is 0.817. The van der Waals surface area contributed by atoms with Gasteiger partial charge in [-0.25, -0.2) is 8.42 Å². The van der Waals surface area contributed by atoms with Crippen molar-refractivity contribution in [1.82, 2.24) is 9.80 Å². The van der Waals surface area contributed by atoms with Gasteiger partial charge in [-0.1, -0.05) is 29.3 Å². The van der Waals surface area contributed by atoms with Crippen molar-refractivity contribution in [2.75, 3.05) is 33.4 Å². The molecule has 2 aromatic rings. The molecule has 1 heterocycles. The third kappa shape index (κ3) is 6.24. The second kappa shape index (κ2) is 9.10. The van der Waals surface area contributed by atoms with Gasteiger partial charge in [-0.15, -0.1) is 0 Å². The van der Waals surface area contributed by atoms with Crippen molar-refractivity contribution in [3.8, 4) is 0 Å². The topological polar surface area (TPSA) is 70.8 Å². The predicted octanol–water partition coefficient (Wildman–Crippen LogP) is 3.58. The lowest BCUT2D eigenvalue weighted by Gasteiger charge is -2.23. The van der Waals surface area contributed by atoms with Crippen LogP contribution in [0.2, 0.25) is 10.0 Å². The molecule has 0 N–H and O–H groups in total. The smallest absolute Gasteiger partial charge is 0.289 e. The third-order valence-electron chi connectivity index (χ3n) is 3.84. The van der Waals surface area contributed by atoms with Crippen LogP contribution in [0.5, 0.6) is 0 Å². The monoisotopic (exact) mass is 432 g/mol. The SMILES string of the molecule is CN(C)CCCN(Cc1ccc(Cl)c(Cl)c1)C(=O)c1ccc(S(C)(=O)=O)o1. The number of carbonyl (C=O) groups excluding carboxylic acids is 1. The Morgan fingerprint density at radius 1 is 1.07 bits per heavy atom. The Balaban J connectivity index is 2.23. The van der Waals surface area contributed by atoms with Crippen LogP contribution in [-0.4, -0.2) is 57.6 Å². The molecule has 0 atom stereocenters. The number of carbonyl (C=O) groups is 1. The first kappa shape index (κ1) is 21.8. The maximum Gasteiger partial charge on any atom is 0.289 e. The van der Waals surface area contributed by atoms with E-state index in [0.29, 0.717) is 23.1 Å². The van der Waals surface area contributed by atoms with Crippen LogP contribution in [-0.2, 0) is 16.4 Å². The summed E-state index contributed by atoms with van der Waals surface area (Å²) in [5.74, 6) is -0.393. The van der Waals surface area contributed by atoms with Crippen LogP contribution < -0.4 is 0 Å². The highest BCUT2D eigenvalue weighted by Crippen LogP contribution is 2.24. The van der Waals surface area contributed by atoms with Crippen molar-refractivity contribution in [1.29, 1.82) is 0 Å². The molecule has 9 heteroatoms. The molecule has 1 aromatic heterocycles. The number of furan rings is 1. The van der Waals surface area contributed by atoms with Crippen LogP contribution in [0.3, 0.4) is 0 Å². The first-order chi connectivity index (χ1) is 12.6. The van der Waals surface area contributed by atoms with E-state index in [1.54, 1.807) is 23.1 Å². The number of halogens is 2. The molecule has 0 unspecified atom stereocenters. The zero-order valence-corrected chi connectivity index (χ0v) is 17.7. The maximum atomic E-state index is 12.9. The van der Waals surface area contributed by atoms with Gasteiger partial charge in [0.25, 0.3) is 5.91 Å². The van der Waals surface area contributed by atoms with Gasteiger partial charge in [-0.2, -0.15) is 0 Å². The van der Waals surface area contributed by atoms with Gasteiger partial charge < -0.3 is 14.2 Å². The van der Waals surface area contributed by atoms with Crippen LogP contribution in [0, 0.1) is 0 Å². The second-order valence-corrected chi connectivity index (χ2v) is 9.28. The summed E-state index contributed by atoms with van der Waals surface area (Å²) in [6, 6.07) is 7.85. The Labute approximate surface area is 169 Å². The number of rotatable bonds is 8. The Morgan fingerprint density at radius 3 is 2.33 bits per heavy atom. The molecule has 0 fully saturated rings. The van der Waals surface area contributed by atoms with E-state index in [0.717, 1.165) is 24.8 Å². The fraction of sp³-hybridized carbons (Fsp3) is 0.389. The number of hydrogen-bond acceptors (Lipinski definition) is 5. The number of sulfone groups is 1. The number of hydrogen-bond donors (Lipinski definition) is 0. The summed E-state index contributed by atoms with van der Waals surface area (Å²) in [6.45, 7) is 1.59. The van der Waals surface area contributed by atoms with Gasteiger partial charge >= 0.3 is 0 Å². The predicted molar refractivity (Wildman–Crippen MR) is 106 cm³/mol. The molecule has 27 heavy (non-hydrogen) atoms. The van der Waals surface area contributed by atoms with E-state index in [9.17, 15) is 13.2 Å². The molecule has 2 rings (SSSR count). The summed E-state index contributed by atoms with van der Waals surface area (Å²) in [6.07, 6.45) is 1.78. The van der Waals surface area contributed by atoms with Crippen molar-refractivity contribution in [3.63, 3.8) is 0 Å². The lowest BCUT2D eigenvalue weighted by molar-refractivity contribution is 0.0699. The standard InChI is InChI=1S/C18H22Cl2N2O4S/c1-21(2)9-4-10-22(12-13-5-6-14(19)15(20)11-13)18(23)16-7-8-17(26-16)27(3,24)25/h5-8,11H,4,9-10,12H2,1-3H3. The lowest BCUT2D eigenvalue weighted by atomic mass is 10.2. The van der Waals surface area contributed by atoms with Gasteiger partial charge in [0.1, 0.15) is 0 Å². The summed E-state index contributed by atoms with van der Waals surface area (Å²) in [7, 11) is 0.394. The minimum Gasteiger partial charge on any atom is -0.440 e. The minimum atomic E-state index is -3.51. The van der Waals surface area contributed by atoms with Crippen molar-refractivity contribution in [2.24, 2.45) is 0 Å². The van der Waals surface area contributed by atoms with Crippen LogP contribution in [0.1, 0.15) is 22.5 Å². The van der Waals surface area contributed by atoms with Gasteiger partial charge in [-0.05, 0) is 56.9 Å². The van der Waals surface area contributed by atoms with Gasteiger partial charge in [0.05, 0.1) is 10.0 Å². The maximum absolute atomic E-state index is 12.9. The second-order valence-electron chi connectivity index (χ2n) is 6.52. The Kier molecular flexibility index (Phi) is 7.33. The van der Waals surface area contributed by atoms with Crippen molar-refractivity contribution < 1.29 is 17.6 Å². The zero-order chi connectivity index (χ0) is 20.2. The highest BCUT2D eigenvalue weighted by molar-refractivity contribution is 7.90. The lowest BCUT2D eigenvalue weighted by Crippen LogP contribution is -2.32. The molecule has 0 saturated heterocycles. The van der Waals surface area contributed by atoms with Crippen molar-refractivity contribution >= 4 is 38.9 Å². The molecule has 0 aliphatic rings. The molecule has 0 saturated carbocycles. The Bertz CT molecular complexity index is 910. The average molecular weight is 433 g/mol. The molecule has 0 aliphatic carbocycles. The molecule has 1 aromatic carbocycles. The van der Waals surface area contributed by atoms with Gasteiger partial charge in [0.15, 0.2) is 5.76 Å². The first-order valence-corrected chi connectivity index (χ1v) is 10.9. The molecule has 0 spiro atoms. The molecule has 148 valence electrons. The molecule has 0 aliphatic heterocycles. The van der Waals surface area contributed by atoms with Gasteiger partial charge in [0, 0.05) is 19.3 Å². The molecular formula is C18H22Cl2N2O4S. The normalized spacial score (nSPS) is 11.8. The molecule has 0 bridgehead atoms. The van der Waals surface area contributed by atoms with E-state index < -0.39 is 9.84 Å². The average Bonchev–Trinajstić information content (AvgIpc) is 3.06. The minimum absolute atomic E-state index is 0.0136. The summed E-state index contributed by atoms with van der Waals surface area (Å²) < 4.78 is 28.5. The van der Waals surface area contributed by atoms with Crippen LogP contribution in [0.25, 0.3) is 0 Å². The number of nitrogens with zero attached hydrogens (tertiary/aromatic N) is 2. The number of amides is 1. The summed E-state index contributed by atoms with van der Waals surface area (Å²) >= 11 is 12.0. The number of benzene rings is 1. The van der Waals surface area contributed by atoms with Crippen molar-refractivity contribution in [3.05, 3.63) is 51.7 Å². The molecule has 1 amide bonds. The van der Waals surface area contributed by atoms with E-state index in [1.807, 2.05) is 19.0 Å². The molecule has 6 nitrogen and oxygen atoms in total. The van der Waals surface area contributed by atoms with E-state index in [-0.39, 0.29) is 16.8 Å². The van der Waals surface area contributed by atoms with Gasteiger partial charge in [-0.3, -0.25) is 4.79 Å². The van der Waals surface area contributed by atoms with Crippen LogP contribution in [0.4, 0.5) is 0 Å². The molecular weight excluding hydrogens is 411 g/mol.